The molecule has 1 unspecified atom stereocenters. The maximum atomic E-state index is 10.7. The molecule has 0 aromatic heterocycles. The van der Waals surface area contributed by atoms with Gasteiger partial charge in [0.25, 0.3) is 8.03 Å². The Bertz CT molecular complexity index is 222. The molecule has 0 saturated heterocycles. The number of benzene rings is 1. The van der Waals surface area contributed by atoms with Gasteiger partial charge in [-0.15, -0.1) is 0 Å². The third-order valence-corrected chi connectivity index (χ3v) is 2.06. The molecule has 1 atom stereocenters. The Hall–Kier alpha value is -0.630. The van der Waals surface area contributed by atoms with E-state index in [-0.39, 0.29) is 0 Å². The van der Waals surface area contributed by atoms with E-state index >= 15 is 0 Å². The van der Waals surface area contributed by atoms with Gasteiger partial charge in [0.1, 0.15) is 0 Å². The molecule has 0 heterocycles. The van der Waals surface area contributed by atoms with Gasteiger partial charge in [-0.1, -0.05) is 18.2 Å². The van der Waals surface area contributed by atoms with Gasteiger partial charge in [-0.2, -0.15) is 4.67 Å². The standard InChI is InChI=1S/C6H7O3P/c7-9-10(8)6-4-2-1-3-5-6/h1-5,7,10H. The van der Waals surface area contributed by atoms with E-state index in [1.54, 1.807) is 30.3 Å². The smallest absolute Gasteiger partial charge is 0.252 e. The lowest BCUT2D eigenvalue weighted by atomic mass is 10.4. The molecular weight excluding hydrogens is 151 g/mol. The van der Waals surface area contributed by atoms with Crippen LogP contribution < -0.4 is 5.30 Å². The molecule has 0 bridgehead atoms. The Morgan fingerprint density at radius 3 is 2.40 bits per heavy atom. The highest BCUT2D eigenvalue weighted by molar-refractivity contribution is 7.48. The summed E-state index contributed by atoms with van der Waals surface area (Å²) in [5.41, 5.74) is 0. The summed E-state index contributed by atoms with van der Waals surface area (Å²) in [6.45, 7) is 0. The summed E-state index contributed by atoms with van der Waals surface area (Å²) in [4.78, 5) is 0. The highest BCUT2D eigenvalue weighted by Crippen LogP contribution is 2.17. The fourth-order valence-electron chi connectivity index (χ4n) is 0.627. The molecule has 4 heteroatoms. The first-order valence-corrected chi connectivity index (χ1v) is 4.07. The van der Waals surface area contributed by atoms with Crippen LogP contribution in [-0.2, 0) is 9.24 Å². The second kappa shape index (κ2) is 3.52. The minimum atomic E-state index is -2.40. The maximum Gasteiger partial charge on any atom is 0.252 e. The zero-order valence-corrected chi connectivity index (χ0v) is 6.15. The molecule has 10 heavy (non-hydrogen) atoms. The molecule has 1 aromatic rings. The lowest BCUT2D eigenvalue weighted by Crippen LogP contribution is -1.94. The molecule has 0 saturated carbocycles. The fourth-order valence-corrected chi connectivity index (χ4v) is 1.20. The third-order valence-electron chi connectivity index (χ3n) is 1.09. The maximum absolute atomic E-state index is 10.7. The minimum absolute atomic E-state index is 0.523. The summed E-state index contributed by atoms with van der Waals surface area (Å²) in [6, 6.07) is 8.54. The number of hydrogen-bond donors (Lipinski definition) is 1. The van der Waals surface area contributed by atoms with Crippen LogP contribution in [0.15, 0.2) is 30.3 Å². The van der Waals surface area contributed by atoms with E-state index in [4.69, 9.17) is 5.26 Å². The van der Waals surface area contributed by atoms with E-state index in [1.807, 2.05) is 0 Å². The van der Waals surface area contributed by atoms with Crippen LogP contribution in [0.5, 0.6) is 0 Å². The van der Waals surface area contributed by atoms with Crippen molar-refractivity contribution < 1.29 is 14.5 Å². The molecule has 0 aliphatic heterocycles. The Balaban J connectivity index is 2.85. The van der Waals surface area contributed by atoms with Crippen molar-refractivity contribution in [2.75, 3.05) is 0 Å². The van der Waals surface area contributed by atoms with Crippen LogP contribution in [0.4, 0.5) is 0 Å². The van der Waals surface area contributed by atoms with E-state index in [0.717, 1.165) is 0 Å². The average Bonchev–Trinajstić information content (AvgIpc) is 2.05. The molecule has 54 valence electrons. The lowest BCUT2D eigenvalue weighted by Gasteiger charge is -1.94. The van der Waals surface area contributed by atoms with E-state index < -0.39 is 8.03 Å². The summed E-state index contributed by atoms with van der Waals surface area (Å²) in [5.74, 6) is 0. The molecular formula is C6H7O3P. The Labute approximate surface area is 59.1 Å². The van der Waals surface area contributed by atoms with Crippen molar-refractivity contribution in [3.63, 3.8) is 0 Å². The van der Waals surface area contributed by atoms with Gasteiger partial charge in [-0.3, -0.25) is 4.57 Å². The highest BCUT2D eigenvalue weighted by Gasteiger charge is 1.99. The molecule has 0 aliphatic carbocycles. The van der Waals surface area contributed by atoms with Gasteiger partial charge in [0.05, 0.1) is 0 Å². The minimum Gasteiger partial charge on any atom is -0.288 e. The second-order valence-corrected chi connectivity index (χ2v) is 3.08. The topological polar surface area (TPSA) is 46.5 Å². The van der Waals surface area contributed by atoms with Gasteiger partial charge in [0.15, 0.2) is 0 Å². The monoisotopic (exact) mass is 158 g/mol. The van der Waals surface area contributed by atoms with Gasteiger partial charge in [0.2, 0.25) is 0 Å². The Kier molecular flexibility index (Phi) is 2.63. The first kappa shape index (κ1) is 7.48. The molecule has 0 amide bonds. The predicted molar refractivity (Wildman–Crippen MR) is 38.8 cm³/mol. The SMILES string of the molecule is O=[PH](OO)c1ccccc1. The van der Waals surface area contributed by atoms with Crippen LogP contribution in [0.25, 0.3) is 0 Å². The van der Waals surface area contributed by atoms with Crippen LogP contribution in [0.3, 0.4) is 0 Å². The Morgan fingerprint density at radius 2 is 1.90 bits per heavy atom. The molecule has 3 nitrogen and oxygen atoms in total. The number of rotatable bonds is 2. The number of hydrogen-bond acceptors (Lipinski definition) is 3. The normalized spacial score (nSPS) is 12.9. The van der Waals surface area contributed by atoms with Crippen LogP contribution in [0, 0.1) is 0 Å². The van der Waals surface area contributed by atoms with Gasteiger partial charge in [-0.05, 0) is 12.1 Å². The van der Waals surface area contributed by atoms with Crippen molar-refractivity contribution in [3.8, 4) is 0 Å². The molecule has 1 N–H and O–H groups in total. The van der Waals surface area contributed by atoms with E-state index in [1.165, 1.54) is 0 Å². The van der Waals surface area contributed by atoms with Crippen LogP contribution in [0.1, 0.15) is 0 Å². The lowest BCUT2D eigenvalue weighted by molar-refractivity contribution is -0.128. The molecule has 1 aromatic carbocycles. The highest BCUT2D eigenvalue weighted by atomic mass is 31.1. The first-order valence-electron chi connectivity index (χ1n) is 2.75. The average molecular weight is 158 g/mol. The van der Waals surface area contributed by atoms with Crippen molar-refractivity contribution in [1.29, 1.82) is 0 Å². The van der Waals surface area contributed by atoms with Crippen LogP contribution in [-0.4, -0.2) is 5.26 Å². The van der Waals surface area contributed by atoms with Crippen LogP contribution >= 0.6 is 8.03 Å². The van der Waals surface area contributed by atoms with Gasteiger partial charge in [-0.25, -0.2) is 5.26 Å². The predicted octanol–water partition coefficient (Wildman–Crippen LogP) is 1.28. The van der Waals surface area contributed by atoms with Gasteiger partial charge < -0.3 is 0 Å². The van der Waals surface area contributed by atoms with Crippen LogP contribution in [0.2, 0.25) is 0 Å². The molecule has 0 aliphatic rings. The third kappa shape index (κ3) is 1.67. The van der Waals surface area contributed by atoms with E-state index in [0.29, 0.717) is 5.30 Å². The van der Waals surface area contributed by atoms with Crippen molar-refractivity contribution in [1.82, 2.24) is 0 Å². The summed E-state index contributed by atoms with van der Waals surface area (Å²) in [5, 5.41) is 8.54. The van der Waals surface area contributed by atoms with E-state index in [9.17, 15) is 4.57 Å². The van der Waals surface area contributed by atoms with Crippen molar-refractivity contribution in [2.45, 2.75) is 0 Å². The first-order chi connectivity index (χ1) is 4.84. The van der Waals surface area contributed by atoms with Crippen molar-refractivity contribution in [2.24, 2.45) is 0 Å². The van der Waals surface area contributed by atoms with Gasteiger partial charge in [0, 0.05) is 5.30 Å². The molecule has 0 spiro atoms. The molecule has 0 radical (unpaired) electrons. The zero-order chi connectivity index (χ0) is 7.40. The summed E-state index contributed by atoms with van der Waals surface area (Å²) in [7, 11) is -2.40. The fraction of sp³-hybridized carbons (Fsp3) is 0. The van der Waals surface area contributed by atoms with E-state index in [2.05, 4.69) is 4.67 Å². The largest absolute Gasteiger partial charge is 0.288 e. The molecule has 1 rings (SSSR count). The van der Waals surface area contributed by atoms with Crippen molar-refractivity contribution >= 4 is 13.3 Å². The Morgan fingerprint density at radius 1 is 1.30 bits per heavy atom. The summed E-state index contributed by atoms with van der Waals surface area (Å²) >= 11 is 0. The quantitative estimate of drug-likeness (QED) is 0.400. The zero-order valence-electron chi connectivity index (χ0n) is 5.15. The van der Waals surface area contributed by atoms with Crippen molar-refractivity contribution in [3.05, 3.63) is 30.3 Å². The second-order valence-electron chi connectivity index (χ2n) is 1.74. The summed E-state index contributed by atoms with van der Waals surface area (Å²) < 4.78 is 14.4. The molecule has 0 fully saturated rings. The summed E-state index contributed by atoms with van der Waals surface area (Å²) in [6.07, 6.45) is 0. The van der Waals surface area contributed by atoms with Gasteiger partial charge >= 0.3 is 0 Å².